The van der Waals surface area contributed by atoms with Gasteiger partial charge < -0.3 is 4.42 Å². The number of fused-ring (bicyclic) bond motifs is 1. The van der Waals surface area contributed by atoms with E-state index in [2.05, 4.69) is 4.98 Å². The van der Waals surface area contributed by atoms with E-state index in [-0.39, 0.29) is 0 Å². The van der Waals surface area contributed by atoms with Crippen LogP contribution in [0.3, 0.4) is 0 Å². The number of benzene rings is 1. The molecule has 0 saturated carbocycles. The Kier molecular flexibility index (Phi) is 2.42. The molecule has 80 valence electrons. The van der Waals surface area contributed by atoms with Gasteiger partial charge in [-0.1, -0.05) is 13.8 Å². The molecule has 0 aliphatic rings. The van der Waals surface area contributed by atoms with E-state index >= 15 is 0 Å². The van der Waals surface area contributed by atoms with Gasteiger partial charge in [0.1, 0.15) is 5.52 Å². The maximum atomic E-state index is 12.9. The Morgan fingerprint density at radius 3 is 2.60 bits per heavy atom. The van der Waals surface area contributed by atoms with Crippen LogP contribution in [0.15, 0.2) is 16.5 Å². The average molecular weight is 211 g/mol. The Bertz CT molecular complexity index is 452. The molecule has 0 N–H and O–H groups in total. The number of rotatable bonds is 2. The molecule has 0 fully saturated rings. The second kappa shape index (κ2) is 3.61. The van der Waals surface area contributed by atoms with Crippen molar-refractivity contribution in [1.82, 2.24) is 4.98 Å². The molecule has 0 spiro atoms. The summed E-state index contributed by atoms with van der Waals surface area (Å²) >= 11 is 0. The van der Waals surface area contributed by atoms with Crippen LogP contribution in [0.1, 0.15) is 19.7 Å². The van der Waals surface area contributed by atoms with E-state index < -0.39 is 11.6 Å². The molecule has 0 atom stereocenters. The number of hydrogen-bond donors (Lipinski definition) is 0. The topological polar surface area (TPSA) is 26.0 Å². The highest BCUT2D eigenvalue weighted by atomic mass is 19.2. The van der Waals surface area contributed by atoms with Crippen molar-refractivity contribution in [3.63, 3.8) is 0 Å². The van der Waals surface area contributed by atoms with Crippen LogP contribution in [0.5, 0.6) is 0 Å². The van der Waals surface area contributed by atoms with E-state index in [1.165, 1.54) is 0 Å². The molecule has 0 radical (unpaired) electrons. The smallest absolute Gasteiger partial charge is 0.195 e. The molecular formula is C11H11F2NO. The molecule has 1 aromatic heterocycles. The van der Waals surface area contributed by atoms with Gasteiger partial charge in [-0.2, -0.15) is 0 Å². The highest BCUT2D eigenvalue weighted by molar-refractivity contribution is 5.72. The van der Waals surface area contributed by atoms with Gasteiger partial charge >= 0.3 is 0 Å². The summed E-state index contributed by atoms with van der Waals surface area (Å²) in [6, 6.07) is 2.08. The third-order valence-corrected chi connectivity index (χ3v) is 2.06. The molecule has 0 aliphatic heterocycles. The van der Waals surface area contributed by atoms with Crippen LogP contribution < -0.4 is 0 Å². The molecule has 1 aromatic carbocycles. The van der Waals surface area contributed by atoms with Crippen LogP contribution in [-0.4, -0.2) is 4.98 Å². The molecule has 2 nitrogen and oxygen atoms in total. The van der Waals surface area contributed by atoms with E-state index in [9.17, 15) is 8.78 Å². The second-order valence-electron chi connectivity index (χ2n) is 3.94. The first-order valence-corrected chi connectivity index (χ1v) is 4.80. The third kappa shape index (κ3) is 1.98. The molecule has 2 aromatic rings. The fourth-order valence-corrected chi connectivity index (χ4v) is 1.41. The standard InChI is InChI=1S/C11H11F2NO/c1-6(2)3-11-14-9-4-7(12)8(13)5-10(9)15-11/h4-6H,3H2,1-2H3. The Balaban J connectivity index is 2.47. The summed E-state index contributed by atoms with van der Waals surface area (Å²) in [6.45, 7) is 4.05. The van der Waals surface area contributed by atoms with Crippen LogP contribution in [0.25, 0.3) is 11.1 Å². The molecule has 0 amide bonds. The molecule has 1 heterocycles. The predicted octanol–water partition coefficient (Wildman–Crippen LogP) is 3.30. The summed E-state index contributed by atoms with van der Waals surface area (Å²) in [4.78, 5) is 4.08. The van der Waals surface area contributed by atoms with Gasteiger partial charge in [0.25, 0.3) is 0 Å². The zero-order valence-electron chi connectivity index (χ0n) is 8.55. The highest BCUT2D eigenvalue weighted by Crippen LogP contribution is 2.20. The number of halogens is 2. The van der Waals surface area contributed by atoms with Gasteiger partial charge in [0.15, 0.2) is 23.1 Å². The summed E-state index contributed by atoms with van der Waals surface area (Å²) in [7, 11) is 0. The Labute approximate surface area is 85.9 Å². The number of hydrogen-bond acceptors (Lipinski definition) is 2. The van der Waals surface area contributed by atoms with Crippen LogP contribution in [0, 0.1) is 17.6 Å². The van der Waals surface area contributed by atoms with Gasteiger partial charge in [0, 0.05) is 18.6 Å². The molecule has 2 rings (SSSR count). The maximum absolute atomic E-state index is 12.9. The lowest BCUT2D eigenvalue weighted by molar-refractivity contribution is 0.477. The zero-order valence-corrected chi connectivity index (χ0v) is 8.55. The van der Waals surface area contributed by atoms with Crippen LogP contribution >= 0.6 is 0 Å². The van der Waals surface area contributed by atoms with E-state index in [1.54, 1.807) is 0 Å². The van der Waals surface area contributed by atoms with Crippen molar-refractivity contribution >= 4 is 11.1 Å². The Morgan fingerprint density at radius 2 is 1.93 bits per heavy atom. The van der Waals surface area contributed by atoms with Gasteiger partial charge in [0.2, 0.25) is 0 Å². The van der Waals surface area contributed by atoms with Crippen molar-refractivity contribution in [1.29, 1.82) is 0 Å². The predicted molar refractivity (Wildman–Crippen MR) is 52.5 cm³/mol. The van der Waals surface area contributed by atoms with Crippen molar-refractivity contribution in [3.8, 4) is 0 Å². The van der Waals surface area contributed by atoms with Gasteiger partial charge in [-0.3, -0.25) is 0 Å². The number of aromatic nitrogens is 1. The van der Waals surface area contributed by atoms with E-state index in [0.29, 0.717) is 29.3 Å². The minimum absolute atomic E-state index is 0.296. The number of nitrogens with zero attached hydrogens (tertiary/aromatic N) is 1. The first kappa shape index (κ1) is 10.1. The van der Waals surface area contributed by atoms with Gasteiger partial charge in [-0.05, 0) is 5.92 Å². The molecule has 4 heteroatoms. The minimum atomic E-state index is -0.908. The lowest BCUT2D eigenvalue weighted by Gasteiger charge is -1.96. The van der Waals surface area contributed by atoms with E-state index in [0.717, 1.165) is 12.1 Å². The Morgan fingerprint density at radius 1 is 1.27 bits per heavy atom. The summed E-state index contributed by atoms with van der Waals surface area (Å²) in [5.74, 6) is -0.889. The fourth-order valence-electron chi connectivity index (χ4n) is 1.41. The largest absolute Gasteiger partial charge is 0.441 e. The molecule has 0 bridgehead atoms. The maximum Gasteiger partial charge on any atom is 0.195 e. The van der Waals surface area contributed by atoms with Gasteiger partial charge in [-0.15, -0.1) is 0 Å². The summed E-state index contributed by atoms with van der Waals surface area (Å²) in [5, 5.41) is 0. The third-order valence-electron chi connectivity index (χ3n) is 2.06. The highest BCUT2D eigenvalue weighted by Gasteiger charge is 2.11. The van der Waals surface area contributed by atoms with Gasteiger partial charge in [0.05, 0.1) is 0 Å². The van der Waals surface area contributed by atoms with Crippen molar-refractivity contribution < 1.29 is 13.2 Å². The minimum Gasteiger partial charge on any atom is -0.441 e. The Hall–Kier alpha value is -1.45. The SMILES string of the molecule is CC(C)Cc1nc2cc(F)c(F)cc2o1. The first-order valence-electron chi connectivity index (χ1n) is 4.80. The lowest BCUT2D eigenvalue weighted by Crippen LogP contribution is -1.93. The van der Waals surface area contributed by atoms with Crippen molar-refractivity contribution in [2.24, 2.45) is 5.92 Å². The molecule has 0 saturated heterocycles. The van der Waals surface area contributed by atoms with Gasteiger partial charge in [-0.25, -0.2) is 13.8 Å². The first-order chi connectivity index (χ1) is 7.06. The lowest BCUT2D eigenvalue weighted by atomic mass is 10.1. The van der Waals surface area contributed by atoms with Crippen LogP contribution in [0.2, 0.25) is 0 Å². The van der Waals surface area contributed by atoms with Crippen LogP contribution in [0.4, 0.5) is 8.78 Å². The summed E-state index contributed by atoms with van der Waals surface area (Å²) in [5.41, 5.74) is 0.661. The summed E-state index contributed by atoms with van der Waals surface area (Å²) < 4.78 is 31.0. The van der Waals surface area contributed by atoms with Crippen LogP contribution in [-0.2, 0) is 6.42 Å². The summed E-state index contributed by atoms with van der Waals surface area (Å²) in [6.07, 6.45) is 0.665. The molecular weight excluding hydrogens is 200 g/mol. The fraction of sp³-hybridized carbons (Fsp3) is 0.364. The normalized spacial score (nSPS) is 11.5. The molecule has 0 unspecified atom stereocenters. The molecule has 0 aliphatic carbocycles. The molecule has 15 heavy (non-hydrogen) atoms. The quantitative estimate of drug-likeness (QED) is 0.761. The second-order valence-corrected chi connectivity index (χ2v) is 3.94. The van der Waals surface area contributed by atoms with Crippen molar-refractivity contribution in [2.45, 2.75) is 20.3 Å². The van der Waals surface area contributed by atoms with Crippen molar-refractivity contribution in [2.75, 3.05) is 0 Å². The van der Waals surface area contributed by atoms with E-state index in [4.69, 9.17) is 4.42 Å². The average Bonchev–Trinajstić information content (AvgIpc) is 2.46. The number of oxazole rings is 1. The van der Waals surface area contributed by atoms with E-state index in [1.807, 2.05) is 13.8 Å². The van der Waals surface area contributed by atoms with Crippen molar-refractivity contribution in [3.05, 3.63) is 29.7 Å². The monoisotopic (exact) mass is 211 g/mol. The zero-order chi connectivity index (χ0) is 11.0.